The minimum absolute atomic E-state index is 0.585. The Balaban J connectivity index is 1.84. The molecule has 0 radical (unpaired) electrons. The van der Waals surface area contributed by atoms with Gasteiger partial charge in [-0.25, -0.2) is 0 Å². The Kier molecular flexibility index (Phi) is 3.91. The molecule has 0 atom stereocenters. The van der Waals surface area contributed by atoms with Crippen molar-refractivity contribution >= 4 is 17.3 Å². The molecule has 0 aliphatic carbocycles. The Morgan fingerprint density at radius 2 is 2.06 bits per heavy atom. The number of nitrogens with zero attached hydrogens (tertiary/aromatic N) is 1. The van der Waals surface area contributed by atoms with E-state index in [0.29, 0.717) is 23.1 Å². The van der Waals surface area contributed by atoms with Gasteiger partial charge in [-0.3, -0.25) is 4.90 Å². The summed E-state index contributed by atoms with van der Waals surface area (Å²) in [6, 6.07) is 5.42. The van der Waals surface area contributed by atoms with Gasteiger partial charge in [0, 0.05) is 6.54 Å². The number of ether oxygens (including phenoxy) is 1. The third kappa shape index (κ3) is 2.80. The second-order valence-corrected chi connectivity index (χ2v) is 4.46. The number of halogens is 1. The largest absolute Gasteiger partial charge is 0.489 e. The van der Waals surface area contributed by atoms with E-state index in [2.05, 4.69) is 4.90 Å². The van der Waals surface area contributed by atoms with Gasteiger partial charge in [0.15, 0.2) is 5.75 Å². The predicted octanol–water partition coefficient (Wildman–Crippen LogP) is 2.40. The van der Waals surface area contributed by atoms with E-state index in [9.17, 15) is 0 Å². The average molecular weight is 241 g/mol. The standard InChI is InChI=1S/C12H17ClN2O/c13-10-4-3-5-11(14)12(10)16-9-8-15-6-1-2-7-15/h3-5H,1-2,6-9,14H2. The Morgan fingerprint density at radius 3 is 2.75 bits per heavy atom. The van der Waals surface area contributed by atoms with Crippen molar-refractivity contribution in [1.29, 1.82) is 0 Å². The number of anilines is 1. The summed E-state index contributed by atoms with van der Waals surface area (Å²) in [6.07, 6.45) is 2.60. The summed E-state index contributed by atoms with van der Waals surface area (Å²) in [4.78, 5) is 2.40. The molecular formula is C12H17ClN2O. The topological polar surface area (TPSA) is 38.5 Å². The highest BCUT2D eigenvalue weighted by Crippen LogP contribution is 2.30. The molecule has 2 rings (SSSR count). The second-order valence-electron chi connectivity index (χ2n) is 4.06. The van der Waals surface area contributed by atoms with Crippen LogP contribution in [0.5, 0.6) is 5.75 Å². The van der Waals surface area contributed by atoms with Gasteiger partial charge in [0.2, 0.25) is 0 Å². The van der Waals surface area contributed by atoms with Gasteiger partial charge in [0.1, 0.15) is 6.61 Å². The molecule has 0 unspecified atom stereocenters. The molecule has 0 bridgehead atoms. The molecule has 1 saturated heterocycles. The number of para-hydroxylation sites is 1. The molecular weight excluding hydrogens is 224 g/mol. The van der Waals surface area contributed by atoms with E-state index in [1.807, 2.05) is 6.07 Å². The lowest BCUT2D eigenvalue weighted by Crippen LogP contribution is -2.25. The van der Waals surface area contributed by atoms with Crippen LogP contribution < -0.4 is 10.5 Å². The number of rotatable bonds is 4. The van der Waals surface area contributed by atoms with Gasteiger partial charge in [0.05, 0.1) is 10.7 Å². The van der Waals surface area contributed by atoms with Crippen molar-refractivity contribution in [3.63, 3.8) is 0 Å². The Hall–Kier alpha value is -0.930. The van der Waals surface area contributed by atoms with Crippen molar-refractivity contribution in [2.24, 2.45) is 0 Å². The van der Waals surface area contributed by atoms with E-state index in [1.165, 1.54) is 25.9 Å². The minimum Gasteiger partial charge on any atom is -0.489 e. The monoisotopic (exact) mass is 240 g/mol. The molecule has 1 heterocycles. The predicted molar refractivity (Wildman–Crippen MR) is 67.0 cm³/mol. The lowest BCUT2D eigenvalue weighted by molar-refractivity contribution is 0.238. The molecule has 0 aromatic heterocycles. The SMILES string of the molecule is Nc1cccc(Cl)c1OCCN1CCCC1. The summed E-state index contributed by atoms with van der Waals surface area (Å²) in [6.45, 7) is 3.96. The summed E-state index contributed by atoms with van der Waals surface area (Å²) in [5.74, 6) is 0.614. The summed E-state index contributed by atoms with van der Waals surface area (Å²) in [5, 5.41) is 0.585. The molecule has 3 nitrogen and oxygen atoms in total. The lowest BCUT2D eigenvalue weighted by atomic mass is 10.3. The van der Waals surface area contributed by atoms with Gasteiger partial charge in [-0.15, -0.1) is 0 Å². The number of hydrogen-bond acceptors (Lipinski definition) is 3. The van der Waals surface area contributed by atoms with E-state index < -0.39 is 0 Å². The number of benzene rings is 1. The van der Waals surface area contributed by atoms with Crippen molar-refractivity contribution in [3.8, 4) is 5.75 Å². The Bertz CT molecular complexity index is 331. The zero-order chi connectivity index (χ0) is 11.4. The van der Waals surface area contributed by atoms with Gasteiger partial charge in [0.25, 0.3) is 0 Å². The van der Waals surface area contributed by atoms with Crippen molar-refractivity contribution < 1.29 is 4.74 Å². The summed E-state index contributed by atoms with van der Waals surface area (Å²) >= 11 is 6.01. The Labute approximate surface area is 101 Å². The fraction of sp³-hybridized carbons (Fsp3) is 0.500. The first-order chi connectivity index (χ1) is 7.77. The number of nitrogen functional groups attached to an aromatic ring is 1. The average Bonchev–Trinajstić information content (AvgIpc) is 2.75. The van der Waals surface area contributed by atoms with Crippen LogP contribution in [0.4, 0.5) is 5.69 Å². The van der Waals surface area contributed by atoms with E-state index in [0.717, 1.165) is 6.54 Å². The van der Waals surface area contributed by atoms with Crippen LogP contribution in [0.2, 0.25) is 5.02 Å². The Morgan fingerprint density at radius 1 is 1.31 bits per heavy atom. The normalized spacial score (nSPS) is 16.6. The van der Waals surface area contributed by atoms with Crippen molar-refractivity contribution in [2.75, 3.05) is 32.0 Å². The highest BCUT2D eigenvalue weighted by atomic mass is 35.5. The first-order valence-electron chi connectivity index (χ1n) is 5.66. The number of nitrogens with two attached hydrogens (primary N) is 1. The van der Waals surface area contributed by atoms with Gasteiger partial charge in [-0.05, 0) is 38.1 Å². The molecule has 0 saturated carbocycles. The van der Waals surface area contributed by atoms with Crippen LogP contribution in [0.3, 0.4) is 0 Å². The summed E-state index contributed by atoms with van der Waals surface area (Å²) in [5.41, 5.74) is 6.40. The molecule has 1 aromatic rings. The molecule has 0 amide bonds. The van der Waals surface area contributed by atoms with Crippen LogP contribution in [0, 0.1) is 0 Å². The van der Waals surface area contributed by atoms with Crippen LogP contribution in [-0.4, -0.2) is 31.1 Å². The van der Waals surface area contributed by atoms with Crippen LogP contribution in [0.25, 0.3) is 0 Å². The molecule has 1 aliphatic heterocycles. The second kappa shape index (κ2) is 5.41. The van der Waals surface area contributed by atoms with E-state index >= 15 is 0 Å². The highest BCUT2D eigenvalue weighted by Gasteiger charge is 2.12. The van der Waals surface area contributed by atoms with Crippen LogP contribution in [0.1, 0.15) is 12.8 Å². The lowest BCUT2D eigenvalue weighted by Gasteiger charge is -2.16. The zero-order valence-corrected chi connectivity index (χ0v) is 10.0. The van der Waals surface area contributed by atoms with E-state index in [4.69, 9.17) is 22.1 Å². The van der Waals surface area contributed by atoms with Crippen LogP contribution in [0.15, 0.2) is 18.2 Å². The molecule has 1 fully saturated rings. The maximum Gasteiger partial charge on any atom is 0.160 e. The number of hydrogen-bond donors (Lipinski definition) is 1. The maximum absolute atomic E-state index is 6.01. The van der Waals surface area contributed by atoms with E-state index in [1.54, 1.807) is 12.1 Å². The number of likely N-dealkylation sites (tertiary alicyclic amines) is 1. The van der Waals surface area contributed by atoms with E-state index in [-0.39, 0.29) is 0 Å². The van der Waals surface area contributed by atoms with Crippen LogP contribution >= 0.6 is 11.6 Å². The molecule has 88 valence electrons. The summed E-state index contributed by atoms with van der Waals surface area (Å²) < 4.78 is 5.63. The molecule has 4 heteroatoms. The van der Waals surface area contributed by atoms with Crippen molar-refractivity contribution in [3.05, 3.63) is 23.2 Å². The molecule has 1 aromatic carbocycles. The van der Waals surface area contributed by atoms with Gasteiger partial charge in [-0.1, -0.05) is 17.7 Å². The first-order valence-corrected chi connectivity index (χ1v) is 6.04. The van der Waals surface area contributed by atoms with Crippen molar-refractivity contribution in [1.82, 2.24) is 4.90 Å². The quantitative estimate of drug-likeness (QED) is 0.822. The third-order valence-electron chi connectivity index (χ3n) is 2.85. The van der Waals surface area contributed by atoms with Crippen molar-refractivity contribution in [2.45, 2.75) is 12.8 Å². The minimum atomic E-state index is 0.585. The summed E-state index contributed by atoms with van der Waals surface area (Å²) in [7, 11) is 0. The van der Waals surface area contributed by atoms with Gasteiger partial charge in [-0.2, -0.15) is 0 Å². The van der Waals surface area contributed by atoms with Crippen LogP contribution in [-0.2, 0) is 0 Å². The third-order valence-corrected chi connectivity index (χ3v) is 3.15. The van der Waals surface area contributed by atoms with Gasteiger partial charge >= 0.3 is 0 Å². The molecule has 16 heavy (non-hydrogen) atoms. The highest BCUT2D eigenvalue weighted by molar-refractivity contribution is 6.32. The molecule has 0 spiro atoms. The molecule has 1 aliphatic rings. The molecule has 2 N–H and O–H groups in total. The van der Waals surface area contributed by atoms with Gasteiger partial charge < -0.3 is 10.5 Å². The first kappa shape index (κ1) is 11.6. The fourth-order valence-electron chi connectivity index (χ4n) is 1.96. The smallest absolute Gasteiger partial charge is 0.160 e. The zero-order valence-electron chi connectivity index (χ0n) is 9.29. The maximum atomic E-state index is 6.01. The fourth-order valence-corrected chi connectivity index (χ4v) is 2.20.